The van der Waals surface area contributed by atoms with Crippen LogP contribution in [0.3, 0.4) is 0 Å². The molecule has 0 fully saturated rings. The average Bonchev–Trinajstić information content (AvgIpc) is 3.46. The summed E-state index contributed by atoms with van der Waals surface area (Å²) in [5.41, 5.74) is 1.79. The summed E-state index contributed by atoms with van der Waals surface area (Å²) in [5.74, 6) is 1.07. The van der Waals surface area contributed by atoms with Crippen molar-refractivity contribution in [1.82, 2.24) is 5.32 Å². The molecule has 30 heavy (non-hydrogen) atoms. The SMILES string of the molecule is O=C(COC(=O)c1ccccc1NCc1ccco1)NCc1ccc2c(c1)OCO2. The lowest BCUT2D eigenvalue weighted by atomic mass is 10.2. The molecule has 2 heterocycles. The van der Waals surface area contributed by atoms with Crippen LogP contribution in [0.1, 0.15) is 21.7 Å². The predicted octanol–water partition coefficient (Wildman–Crippen LogP) is 3.09. The quantitative estimate of drug-likeness (QED) is 0.553. The molecule has 3 aromatic rings. The number of hydrogen-bond donors (Lipinski definition) is 2. The Morgan fingerprint density at radius 2 is 1.83 bits per heavy atom. The zero-order valence-corrected chi connectivity index (χ0v) is 16.1. The van der Waals surface area contributed by atoms with E-state index in [1.165, 1.54) is 0 Å². The maximum Gasteiger partial charge on any atom is 0.340 e. The Morgan fingerprint density at radius 1 is 0.967 bits per heavy atom. The molecule has 0 bridgehead atoms. The molecule has 1 amide bonds. The van der Waals surface area contributed by atoms with Gasteiger partial charge in [-0.2, -0.15) is 0 Å². The highest BCUT2D eigenvalue weighted by Gasteiger charge is 2.16. The van der Waals surface area contributed by atoms with Crippen molar-refractivity contribution in [2.24, 2.45) is 0 Å². The van der Waals surface area contributed by atoms with E-state index in [0.29, 0.717) is 29.3 Å². The minimum Gasteiger partial charge on any atom is -0.467 e. The van der Waals surface area contributed by atoms with Crippen molar-refractivity contribution >= 4 is 17.6 Å². The van der Waals surface area contributed by atoms with Crippen LogP contribution in [-0.4, -0.2) is 25.3 Å². The van der Waals surface area contributed by atoms with Gasteiger partial charge in [0.1, 0.15) is 5.76 Å². The molecule has 2 N–H and O–H groups in total. The fourth-order valence-electron chi connectivity index (χ4n) is 2.92. The first-order chi connectivity index (χ1) is 14.7. The summed E-state index contributed by atoms with van der Waals surface area (Å²) in [6, 6.07) is 16.0. The summed E-state index contributed by atoms with van der Waals surface area (Å²) in [5, 5.41) is 5.85. The number of nitrogens with one attached hydrogen (secondary N) is 2. The van der Waals surface area contributed by atoms with E-state index in [2.05, 4.69) is 10.6 Å². The van der Waals surface area contributed by atoms with Gasteiger partial charge in [-0.25, -0.2) is 4.79 Å². The van der Waals surface area contributed by atoms with Crippen molar-refractivity contribution in [3.8, 4) is 11.5 Å². The Bertz CT molecular complexity index is 1030. The number of esters is 1. The van der Waals surface area contributed by atoms with Gasteiger partial charge in [-0.1, -0.05) is 18.2 Å². The molecule has 154 valence electrons. The van der Waals surface area contributed by atoms with Crippen LogP contribution in [0.15, 0.2) is 65.3 Å². The Balaban J connectivity index is 1.27. The molecule has 1 aliphatic heterocycles. The normalized spacial score (nSPS) is 11.7. The number of fused-ring (bicyclic) bond motifs is 1. The van der Waals surface area contributed by atoms with E-state index >= 15 is 0 Å². The van der Waals surface area contributed by atoms with Crippen LogP contribution in [0.4, 0.5) is 5.69 Å². The van der Waals surface area contributed by atoms with Gasteiger partial charge in [0.15, 0.2) is 18.1 Å². The highest BCUT2D eigenvalue weighted by Crippen LogP contribution is 2.32. The Labute approximate surface area is 172 Å². The maximum atomic E-state index is 12.4. The van der Waals surface area contributed by atoms with E-state index in [0.717, 1.165) is 11.3 Å². The molecule has 1 aromatic heterocycles. The van der Waals surface area contributed by atoms with E-state index in [9.17, 15) is 9.59 Å². The molecule has 1 aliphatic rings. The summed E-state index contributed by atoms with van der Waals surface area (Å²) in [7, 11) is 0. The lowest BCUT2D eigenvalue weighted by molar-refractivity contribution is -0.124. The number of anilines is 1. The largest absolute Gasteiger partial charge is 0.467 e. The first-order valence-electron chi connectivity index (χ1n) is 9.36. The molecule has 0 saturated carbocycles. The number of carbonyl (C=O) groups is 2. The smallest absolute Gasteiger partial charge is 0.340 e. The van der Waals surface area contributed by atoms with E-state index < -0.39 is 11.9 Å². The first kappa shape index (κ1) is 19.4. The standard InChI is InChI=1S/C22H20N2O6/c25-21(24-11-15-7-8-19-20(10-15)30-14-29-19)13-28-22(26)17-5-1-2-6-18(17)23-12-16-4-3-9-27-16/h1-10,23H,11-14H2,(H,24,25). The lowest BCUT2D eigenvalue weighted by Gasteiger charge is -2.11. The zero-order chi connectivity index (χ0) is 20.8. The third kappa shape index (κ3) is 4.72. The van der Waals surface area contributed by atoms with Crippen molar-refractivity contribution in [3.63, 3.8) is 0 Å². The highest BCUT2D eigenvalue weighted by molar-refractivity contribution is 5.96. The minimum atomic E-state index is -0.587. The lowest BCUT2D eigenvalue weighted by Crippen LogP contribution is -2.28. The molecule has 4 rings (SSSR count). The van der Waals surface area contributed by atoms with Crippen LogP contribution in [0.25, 0.3) is 0 Å². The molecule has 0 spiro atoms. The topological polar surface area (TPSA) is 99.0 Å². The molecule has 0 radical (unpaired) electrons. The minimum absolute atomic E-state index is 0.193. The molecule has 8 heteroatoms. The summed E-state index contributed by atoms with van der Waals surface area (Å²) in [6.07, 6.45) is 1.58. The first-order valence-corrected chi connectivity index (χ1v) is 9.36. The van der Waals surface area contributed by atoms with Crippen molar-refractivity contribution < 1.29 is 28.2 Å². The van der Waals surface area contributed by atoms with Gasteiger partial charge in [0.2, 0.25) is 6.79 Å². The van der Waals surface area contributed by atoms with Crippen molar-refractivity contribution in [2.75, 3.05) is 18.7 Å². The van der Waals surface area contributed by atoms with Crippen LogP contribution in [0.5, 0.6) is 11.5 Å². The van der Waals surface area contributed by atoms with Gasteiger partial charge >= 0.3 is 5.97 Å². The second-order valence-corrected chi connectivity index (χ2v) is 6.52. The third-order valence-corrected chi connectivity index (χ3v) is 4.44. The number of hydrogen-bond acceptors (Lipinski definition) is 7. The average molecular weight is 408 g/mol. The molecule has 0 saturated heterocycles. The maximum absolute atomic E-state index is 12.4. The summed E-state index contributed by atoms with van der Waals surface area (Å²) >= 11 is 0. The number of rotatable bonds is 8. The van der Waals surface area contributed by atoms with Crippen LogP contribution >= 0.6 is 0 Å². The van der Waals surface area contributed by atoms with E-state index in [4.69, 9.17) is 18.6 Å². The molecule has 0 aliphatic carbocycles. The van der Waals surface area contributed by atoms with Gasteiger partial charge in [0, 0.05) is 12.2 Å². The molecule has 0 unspecified atom stereocenters. The number of benzene rings is 2. The van der Waals surface area contributed by atoms with Gasteiger partial charge in [-0.3, -0.25) is 4.79 Å². The second-order valence-electron chi connectivity index (χ2n) is 6.52. The summed E-state index contributed by atoms with van der Waals surface area (Å²) < 4.78 is 21.0. The molecular weight excluding hydrogens is 388 g/mol. The number of ether oxygens (including phenoxy) is 3. The highest BCUT2D eigenvalue weighted by atomic mass is 16.7. The summed E-state index contributed by atoms with van der Waals surface area (Å²) in [6.45, 7) is 0.524. The number of amides is 1. The van der Waals surface area contributed by atoms with E-state index in [-0.39, 0.29) is 19.9 Å². The summed E-state index contributed by atoms with van der Waals surface area (Å²) in [4.78, 5) is 24.5. The van der Waals surface area contributed by atoms with Gasteiger partial charge < -0.3 is 29.3 Å². The van der Waals surface area contributed by atoms with Crippen LogP contribution < -0.4 is 20.1 Å². The fourth-order valence-corrected chi connectivity index (χ4v) is 2.92. The third-order valence-electron chi connectivity index (χ3n) is 4.44. The van der Waals surface area contributed by atoms with Gasteiger partial charge in [0.05, 0.1) is 18.4 Å². The number of furan rings is 1. The predicted molar refractivity (Wildman–Crippen MR) is 107 cm³/mol. The number of carbonyl (C=O) groups excluding carboxylic acids is 2. The fraction of sp³-hybridized carbons (Fsp3) is 0.182. The number of para-hydroxylation sites is 1. The zero-order valence-electron chi connectivity index (χ0n) is 16.1. The Kier molecular flexibility index (Phi) is 5.84. The van der Waals surface area contributed by atoms with Crippen molar-refractivity contribution in [1.29, 1.82) is 0 Å². The molecular formula is C22H20N2O6. The van der Waals surface area contributed by atoms with E-state index in [1.54, 1.807) is 48.7 Å². The van der Waals surface area contributed by atoms with Crippen molar-refractivity contribution in [3.05, 3.63) is 77.7 Å². The van der Waals surface area contributed by atoms with Gasteiger partial charge in [-0.05, 0) is 42.0 Å². The monoisotopic (exact) mass is 408 g/mol. The molecule has 2 aromatic carbocycles. The van der Waals surface area contributed by atoms with Gasteiger partial charge in [-0.15, -0.1) is 0 Å². The Morgan fingerprint density at radius 3 is 2.70 bits per heavy atom. The Hall–Kier alpha value is -3.94. The molecule has 0 atom stereocenters. The van der Waals surface area contributed by atoms with Crippen LogP contribution in [-0.2, 0) is 22.6 Å². The van der Waals surface area contributed by atoms with Gasteiger partial charge in [0.25, 0.3) is 5.91 Å². The van der Waals surface area contributed by atoms with E-state index in [1.807, 2.05) is 12.1 Å². The van der Waals surface area contributed by atoms with Crippen LogP contribution in [0.2, 0.25) is 0 Å². The van der Waals surface area contributed by atoms with Crippen molar-refractivity contribution in [2.45, 2.75) is 13.1 Å². The van der Waals surface area contributed by atoms with Crippen LogP contribution in [0, 0.1) is 0 Å². The molecule has 8 nitrogen and oxygen atoms in total. The second kappa shape index (κ2) is 9.04.